The van der Waals surface area contributed by atoms with Crippen LogP contribution in [0, 0.1) is 12.8 Å². The van der Waals surface area contributed by atoms with Gasteiger partial charge in [0.2, 0.25) is 0 Å². The molecule has 0 saturated heterocycles. The monoisotopic (exact) mass is 188 g/mol. The Labute approximate surface area is 95.1 Å². The Kier molecular flexibility index (Phi) is 46.4. The van der Waals surface area contributed by atoms with Crippen LogP contribution in [-0.2, 0) is 0 Å². The normalized spacial score (nSPS) is 7.09. The molecule has 11 heavy (non-hydrogen) atoms. The van der Waals surface area contributed by atoms with Gasteiger partial charge in [-0.15, -0.1) is 12.4 Å². The molecule has 0 aromatic carbocycles. The minimum absolute atomic E-state index is 0. The summed E-state index contributed by atoms with van der Waals surface area (Å²) in [6.07, 6.45) is 3.50. The summed E-state index contributed by atoms with van der Waals surface area (Å²) in [5, 5.41) is 0. The zero-order valence-electron chi connectivity index (χ0n) is 8.44. The van der Waals surface area contributed by atoms with E-state index >= 15 is 0 Å². The van der Waals surface area contributed by atoms with Crippen LogP contribution in [0.15, 0.2) is 0 Å². The Morgan fingerprint density at radius 1 is 1.18 bits per heavy atom. The van der Waals surface area contributed by atoms with Crippen molar-refractivity contribution in [1.82, 2.24) is 0 Å². The first-order valence-electron chi connectivity index (χ1n) is 3.77. The molecule has 0 aromatic heterocycles. The topological polar surface area (TPSA) is 0 Å². The van der Waals surface area contributed by atoms with Gasteiger partial charge in [-0.2, -0.15) is 26.7 Å². The van der Waals surface area contributed by atoms with Crippen LogP contribution in [0.25, 0.3) is 0 Å². The Morgan fingerprint density at radius 2 is 1.36 bits per heavy atom. The van der Waals surface area contributed by atoms with Gasteiger partial charge in [0.25, 0.3) is 0 Å². The van der Waals surface area contributed by atoms with E-state index in [1.165, 1.54) is 18.8 Å². The summed E-state index contributed by atoms with van der Waals surface area (Å²) < 4.78 is 0. The summed E-state index contributed by atoms with van der Waals surface area (Å²) in [6, 6.07) is 0. The zero-order valence-corrected chi connectivity index (χ0v) is 10.7. The Hall–Kier alpha value is 1.06. The molecule has 0 radical (unpaired) electrons. The van der Waals surface area contributed by atoms with E-state index in [1.54, 1.807) is 0 Å². The molecule has 0 amide bonds. The van der Waals surface area contributed by atoms with E-state index in [1.807, 2.05) is 0 Å². The summed E-state index contributed by atoms with van der Waals surface area (Å²) in [4.78, 5) is 0. The van der Waals surface area contributed by atoms with E-state index in [-0.39, 0.29) is 35.5 Å². The van der Waals surface area contributed by atoms with Crippen molar-refractivity contribution >= 4 is 35.5 Å². The van der Waals surface area contributed by atoms with Gasteiger partial charge < -0.3 is 12.8 Å². The van der Waals surface area contributed by atoms with Crippen molar-refractivity contribution in [2.45, 2.75) is 47.0 Å². The van der Waals surface area contributed by atoms with Crippen LogP contribution in [0.2, 0.25) is 0 Å². The van der Waals surface area contributed by atoms with Crippen molar-refractivity contribution in [3.05, 3.63) is 12.8 Å². The fraction of sp³-hybridized carbons (Fsp3) is 0.778. The van der Waals surface area contributed by atoms with E-state index < -0.39 is 0 Å². The molecule has 0 rings (SSSR count). The Balaban J connectivity index is -0.0000000383. The minimum Gasteiger partial charge on any atom is -0.343 e. The van der Waals surface area contributed by atoms with Crippen molar-refractivity contribution in [1.29, 1.82) is 0 Å². The maximum Gasteiger partial charge on any atom is 2.00 e. The largest absolute Gasteiger partial charge is 2.00 e. The van der Waals surface area contributed by atoms with Crippen LogP contribution in [0.3, 0.4) is 0 Å². The molecule has 0 spiro atoms. The van der Waals surface area contributed by atoms with Crippen molar-refractivity contribution < 1.29 is 0 Å². The fourth-order valence-electron chi connectivity index (χ4n) is 0. The molecule has 0 aromatic rings. The summed E-state index contributed by atoms with van der Waals surface area (Å²) in [5.41, 5.74) is 0. The summed E-state index contributed by atoms with van der Waals surface area (Å²) in [6.45, 7) is 12.2. The summed E-state index contributed by atoms with van der Waals surface area (Å²) in [7, 11) is 0. The van der Waals surface area contributed by atoms with Crippen molar-refractivity contribution in [3.8, 4) is 0 Å². The first kappa shape index (κ1) is 22.7. The number of hydrogen-bond donors (Lipinski definition) is 0. The molecule has 0 heterocycles. The molecule has 0 fully saturated rings. The molecule has 0 N–H and O–H groups in total. The van der Waals surface area contributed by atoms with Gasteiger partial charge in [0.1, 0.15) is 0 Å². The van der Waals surface area contributed by atoms with Gasteiger partial charge in [0.15, 0.2) is 0 Å². The molecule has 0 saturated carbocycles. The number of hydrogen-bond acceptors (Lipinski definition) is 0. The third-order valence-electron chi connectivity index (χ3n) is 1.06. The molecule has 0 aliphatic rings. The second kappa shape index (κ2) is 22.5. The third-order valence-corrected chi connectivity index (χ3v) is 1.06. The minimum atomic E-state index is 0. The van der Waals surface area contributed by atoms with Crippen molar-refractivity contribution in [2.75, 3.05) is 0 Å². The van der Waals surface area contributed by atoms with Gasteiger partial charge in [-0.05, 0) is 0 Å². The molecular weight excluding hydrogens is 168 g/mol. The van der Waals surface area contributed by atoms with Gasteiger partial charge >= 0.3 is 23.1 Å². The predicted octanol–water partition coefficient (Wildman–Crippen LogP) is 3.67. The van der Waals surface area contributed by atoms with E-state index in [2.05, 4.69) is 34.6 Å². The van der Waals surface area contributed by atoms with Crippen LogP contribution in [-0.4, -0.2) is 23.1 Å². The second-order valence-electron chi connectivity index (χ2n) is 2.41. The molecule has 0 bridgehead atoms. The standard InChI is InChI=1S/C5H11.C4H9.ClH.Mg/c1-4-5(2)3;1-3-4-2;;/h4H2,1-3H3;1,3-4H2,2H3;1H;/q2*-1;;+2. The van der Waals surface area contributed by atoms with Crippen LogP contribution in [0.1, 0.15) is 47.0 Å². The summed E-state index contributed by atoms with van der Waals surface area (Å²) >= 11 is 0. The Morgan fingerprint density at radius 3 is 1.36 bits per heavy atom. The van der Waals surface area contributed by atoms with Crippen molar-refractivity contribution in [3.63, 3.8) is 0 Å². The number of halogens is 1. The number of rotatable bonds is 2. The smallest absolute Gasteiger partial charge is 0.343 e. The molecule has 0 aliphatic carbocycles. The molecule has 0 aliphatic heterocycles. The van der Waals surface area contributed by atoms with Gasteiger partial charge in [-0.1, -0.05) is 20.3 Å². The molecule has 0 nitrogen and oxygen atoms in total. The third kappa shape index (κ3) is 55.1. The van der Waals surface area contributed by atoms with E-state index in [0.717, 1.165) is 6.42 Å². The Bertz CT molecular complexity index is 36.5. The van der Waals surface area contributed by atoms with Gasteiger partial charge in [0, 0.05) is 0 Å². The molecule has 0 atom stereocenters. The molecule has 2 heteroatoms. The predicted molar refractivity (Wildman–Crippen MR) is 58.1 cm³/mol. The van der Waals surface area contributed by atoms with Crippen molar-refractivity contribution in [2.24, 2.45) is 0 Å². The van der Waals surface area contributed by atoms with E-state index in [9.17, 15) is 0 Å². The van der Waals surface area contributed by atoms with Crippen LogP contribution in [0.4, 0.5) is 0 Å². The van der Waals surface area contributed by atoms with Gasteiger partial charge in [0.05, 0.1) is 0 Å². The average Bonchev–Trinajstić information content (AvgIpc) is 1.89. The van der Waals surface area contributed by atoms with Crippen LogP contribution < -0.4 is 0 Å². The van der Waals surface area contributed by atoms with Crippen LogP contribution in [0.5, 0.6) is 0 Å². The SMILES string of the molecule is CC[C-](C)C.Cl.[CH2-]CCC.[Mg+2]. The number of unbranched alkanes of at least 4 members (excludes halogenated alkanes) is 1. The summed E-state index contributed by atoms with van der Waals surface area (Å²) in [5.74, 6) is 1.50. The quantitative estimate of drug-likeness (QED) is 0.459. The fourth-order valence-corrected chi connectivity index (χ4v) is 0. The second-order valence-corrected chi connectivity index (χ2v) is 2.41. The maximum atomic E-state index is 3.60. The van der Waals surface area contributed by atoms with Gasteiger partial charge in [-0.3, -0.25) is 0 Å². The first-order valence-corrected chi connectivity index (χ1v) is 3.77. The maximum absolute atomic E-state index is 3.60. The van der Waals surface area contributed by atoms with Gasteiger partial charge in [-0.25, -0.2) is 0 Å². The first-order chi connectivity index (χ1) is 4.18. The van der Waals surface area contributed by atoms with E-state index in [4.69, 9.17) is 0 Å². The molecular formula is C9H21ClMg. The average molecular weight is 189 g/mol. The molecule has 0 unspecified atom stereocenters. The molecule has 66 valence electrons. The van der Waals surface area contributed by atoms with E-state index in [0.29, 0.717) is 0 Å². The van der Waals surface area contributed by atoms with Crippen LogP contribution >= 0.6 is 12.4 Å². The zero-order chi connectivity index (χ0) is 7.70.